The number of carbonyl (C=O) groups is 2. The maximum absolute atomic E-state index is 14.6. The van der Waals surface area contributed by atoms with E-state index in [-0.39, 0.29) is 63.3 Å². The molecule has 0 saturated carbocycles. The van der Waals surface area contributed by atoms with Crippen molar-refractivity contribution in [1.82, 2.24) is 14.8 Å². The van der Waals surface area contributed by atoms with E-state index in [1.165, 1.54) is 34.3 Å². The second-order valence-corrected chi connectivity index (χ2v) is 24.5. The van der Waals surface area contributed by atoms with E-state index in [0.29, 0.717) is 36.7 Å². The van der Waals surface area contributed by atoms with Crippen LogP contribution in [0.3, 0.4) is 0 Å². The van der Waals surface area contributed by atoms with Crippen LogP contribution in [0.1, 0.15) is 116 Å². The Hall–Kier alpha value is -3.77. The van der Waals surface area contributed by atoms with Gasteiger partial charge in [-0.3, -0.25) is 13.8 Å². The maximum atomic E-state index is 14.6. The summed E-state index contributed by atoms with van der Waals surface area (Å²) < 4.78 is 83.9. The Labute approximate surface area is 463 Å². The van der Waals surface area contributed by atoms with Gasteiger partial charge in [-0.25, -0.2) is 4.79 Å². The van der Waals surface area contributed by atoms with Crippen LogP contribution in [-0.2, 0) is 81.6 Å². The van der Waals surface area contributed by atoms with E-state index < -0.39 is 129 Å². The lowest BCUT2D eigenvalue weighted by Gasteiger charge is -2.49. The van der Waals surface area contributed by atoms with Gasteiger partial charge in [-0.2, -0.15) is 8.42 Å². The molecule has 24 nitrogen and oxygen atoms in total. The van der Waals surface area contributed by atoms with E-state index in [4.69, 9.17) is 46.9 Å². The minimum atomic E-state index is -4.23. The van der Waals surface area contributed by atoms with Gasteiger partial charge in [0.15, 0.2) is 12.6 Å². The number of benzene rings is 1. The molecule has 3 fully saturated rings. The van der Waals surface area contributed by atoms with Gasteiger partial charge in [0.2, 0.25) is 12.2 Å². The number of aliphatic hydroxyl groups is 4. The predicted molar refractivity (Wildman–Crippen MR) is 286 cm³/mol. The minimum Gasteiger partial charge on any atom is -0.477 e. The fraction of sp³-hybridized carbons (Fsp3) is 0.778. The van der Waals surface area contributed by atoms with Gasteiger partial charge in [-0.15, -0.1) is 0 Å². The molecule has 1 aromatic heterocycles. The molecule has 0 aliphatic carbocycles. The highest BCUT2D eigenvalue weighted by atomic mass is 32.2. The molecule has 0 bridgehead atoms. The van der Waals surface area contributed by atoms with E-state index in [1.54, 1.807) is 52.2 Å². The summed E-state index contributed by atoms with van der Waals surface area (Å²) in [5, 5.41) is 65.8. The molecule has 79 heavy (non-hydrogen) atoms. The average molecular weight is 1140 g/mol. The Morgan fingerprint density at radius 3 is 2.34 bits per heavy atom. The second kappa shape index (κ2) is 26.6. The number of methoxy groups -OCH3 is 2. The number of aromatic nitrogens is 1. The Kier molecular flexibility index (Phi) is 21.7. The van der Waals surface area contributed by atoms with Crippen molar-refractivity contribution in [1.29, 1.82) is 0 Å². The van der Waals surface area contributed by atoms with Crippen LogP contribution in [0, 0.1) is 17.8 Å². The third-order valence-electron chi connectivity index (χ3n) is 16.1. The molecule has 0 radical (unpaired) electrons. The standard InChI is InChI=1S/C54H86N4O20S/c1-14-39-54(9,66)46(61)41(56-72-28-69-12)29(2)23-52(7,65)47(77-51-44(60)38(57(10)11)20-30(3)73-51)31(4)45(32(5)50(64)75-39)76-40-24-53(8,70-13)48(33(6)74-40)78-79(67,68)19-18-55-17-15-16-34-21-35-26-71-27-58-25-37(49(62)63)43(59)36(22-34)42(35)58/h21-22,25,29-33,38-40,44-48,51,55,60-61,65-66H,14-20,23-24,26-28H2,1-13H3,(H,62,63)/b56-41+/t29-,30-,31+,32-,33+,38+,39-,40+,44-,45+,46-,47-,48+,51+,52-,53-,54-/m1/s1. The first-order valence-corrected chi connectivity index (χ1v) is 28.7. The molecule has 0 unspecified atom stereocenters. The zero-order valence-corrected chi connectivity index (χ0v) is 48.7. The van der Waals surface area contributed by atoms with E-state index >= 15 is 0 Å². The van der Waals surface area contributed by atoms with Gasteiger partial charge in [0.05, 0.1) is 65.1 Å². The Morgan fingerprint density at radius 1 is 0.987 bits per heavy atom. The zero-order valence-electron chi connectivity index (χ0n) is 47.9. The number of carboxylic acid groups (broad SMARTS) is 1. The Morgan fingerprint density at radius 2 is 1.70 bits per heavy atom. The summed E-state index contributed by atoms with van der Waals surface area (Å²) in [7, 11) is 2.21. The van der Waals surface area contributed by atoms with Gasteiger partial charge in [0, 0.05) is 62.2 Å². The maximum Gasteiger partial charge on any atom is 0.341 e. The molecule has 25 heteroatoms. The quantitative estimate of drug-likeness (QED) is 0.0365. The number of nitrogens with zero attached hydrogens (tertiary/aromatic N) is 3. The highest BCUT2D eigenvalue weighted by Crippen LogP contribution is 2.42. The van der Waals surface area contributed by atoms with Gasteiger partial charge < -0.3 is 83.0 Å². The highest BCUT2D eigenvalue weighted by Gasteiger charge is 2.55. The first kappa shape index (κ1) is 64.4. The molecule has 6 rings (SSSR count). The normalized spacial score (nSPS) is 36.6. The first-order valence-electron chi connectivity index (χ1n) is 27.2. The van der Waals surface area contributed by atoms with Crippen LogP contribution in [0.25, 0.3) is 10.9 Å². The van der Waals surface area contributed by atoms with Gasteiger partial charge in [-0.1, -0.05) is 32.0 Å². The Bertz CT molecular complexity index is 2610. The fourth-order valence-corrected chi connectivity index (χ4v) is 12.9. The molecular weight excluding hydrogens is 1060 g/mol. The molecule has 4 aliphatic rings. The van der Waals surface area contributed by atoms with Crippen LogP contribution in [0.2, 0.25) is 0 Å². The number of oxime groups is 1. The van der Waals surface area contributed by atoms with Gasteiger partial charge >= 0.3 is 11.9 Å². The molecular formula is C54H86N4O20S. The molecule has 1 aromatic carbocycles. The number of nitrogens with one attached hydrogen (secondary N) is 1. The summed E-state index contributed by atoms with van der Waals surface area (Å²) in [4.78, 5) is 46.7. The summed E-state index contributed by atoms with van der Waals surface area (Å²) in [6.07, 6.45) is -9.25. The van der Waals surface area contributed by atoms with Crippen molar-refractivity contribution in [2.45, 2.75) is 198 Å². The summed E-state index contributed by atoms with van der Waals surface area (Å²) in [6, 6.07) is 3.23. The molecule has 6 N–H and O–H groups in total. The van der Waals surface area contributed by atoms with E-state index in [2.05, 4.69) is 10.5 Å². The number of carboxylic acids is 1. The molecule has 4 aliphatic heterocycles. The lowest BCUT2D eigenvalue weighted by Crippen LogP contribution is -2.61. The molecule has 5 heterocycles. The molecule has 0 spiro atoms. The number of likely N-dealkylation sites (N-methyl/N-ethyl adjacent to an activating group) is 1. The van der Waals surface area contributed by atoms with Gasteiger partial charge in [0.25, 0.3) is 10.1 Å². The van der Waals surface area contributed by atoms with Crippen LogP contribution >= 0.6 is 0 Å². The van der Waals surface area contributed by atoms with E-state index in [9.17, 15) is 48.3 Å². The van der Waals surface area contributed by atoms with Crippen molar-refractivity contribution < 1.29 is 90.5 Å². The van der Waals surface area contributed by atoms with Crippen LogP contribution in [-0.4, -0.2) is 199 Å². The summed E-state index contributed by atoms with van der Waals surface area (Å²) >= 11 is 0. The third-order valence-corrected chi connectivity index (χ3v) is 17.3. The number of pyridine rings is 1. The monoisotopic (exact) mass is 1140 g/mol. The highest BCUT2D eigenvalue weighted by molar-refractivity contribution is 7.86. The third kappa shape index (κ3) is 14.9. The largest absolute Gasteiger partial charge is 0.477 e. The van der Waals surface area contributed by atoms with Crippen molar-refractivity contribution in [2.75, 3.05) is 54.0 Å². The summed E-state index contributed by atoms with van der Waals surface area (Å²) in [5.74, 6) is -5.59. The number of rotatable bonds is 20. The Balaban J connectivity index is 1.21. The lowest BCUT2D eigenvalue weighted by molar-refractivity contribution is -0.316. The van der Waals surface area contributed by atoms with Crippen molar-refractivity contribution in [3.8, 4) is 0 Å². The molecule has 3 saturated heterocycles. The van der Waals surface area contributed by atoms with E-state index in [1.807, 2.05) is 32.0 Å². The van der Waals surface area contributed by atoms with Crippen molar-refractivity contribution >= 4 is 38.7 Å². The zero-order chi connectivity index (χ0) is 58.5. The SMILES string of the molecule is CC[C@H]1OC(=O)[C@H](C)[C@@H](O[C@H]2C[C@@](C)(OC)[C@@H](OS(=O)(=O)CCNCCCc3cc4c5c(c3)c(=O)c(C(=O)O)cn5COC4)[C@H](C)O2)[C@H](C)[C@@H](O[C@@H]2O[C@H](C)C[C@H](N(C)C)[C@H]2O)[C@](C)(O)C[C@@H](C)/C(=N\OCOC)[C@@H](O)[C@]1(C)O. The lowest BCUT2D eigenvalue weighted by atomic mass is 9.75. The number of esters is 1. The van der Waals surface area contributed by atoms with Crippen LogP contribution in [0.5, 0.6) is 0 Å². The molecule has 0 amide bonds. The average Bonchev–Trinajstić information content (AvgIpc) is 3.42. The van der Waals surface area contributed by atoms with Crippen molar-refractivity contribution in [3.05, 3.63) is 45.2 Å². The fourth-order valence-electron chi connectivity index (χ4n) is 11.7. The number of aryl methyl sites for hydroxylation is 1. The smallest absolute Gasteiger partial charge is 0.341 e. The molecule has 448 valence electrons. The molecule has 2 aromatic rings. The molecule has 17 atom stereocenters. The number of hydrogen-bond donors (Lipinski definition) is 6. The van der Waals surface area contributed by atoms with Crippen molar-refractivity contribution in [2.24, 2.45) is 22.9 Å². The number of hydrogen-bond acceptors (Lipinski definition) is 22. The number of cyclic esters (lactones) is 1. The number of ether oxygens (including phenoxy) is 8. The van der Waals surface area contributed by atoms with Crippen LogP contribution in [0.4, 0.5) is 0 Å². The van der Waals surface area contributed by atoms with Crippen LogP contribution < -0.4 is 10.7 Å². The topological polar surface area (TPSA) is 311 Å². The number of carbonyl (C=O) groups excluding carboxylic acids is 1. The van der Waals surface area contributed by atoms with Gasteiger partial charge in [0.1, 0.15) is 42.3 Å². The van der Waals surface area contributed by atoms with Gasteiger partial charge in [-0.05, 0) is 106 Å². The summed E-state index contributed by atoms with van der Waals surface area (Å²) in [6.45, 7) is 15.1. The predicted octanol–water partition coefficient (Wildman–Crippen LogP) is 2.63. The van der Waals surface area contributed by atoms with Crippen LogP contribution in [0.15, 0.2) is 28.3 Å². The first-order chi connectivity index (χ1) is 37.0. The minimum absolute atomic E-state index is 0.0309. The van der Waals surface area contributed by atoms with Crippen molar-refractivity contribution in [3.63, 3.8) is 0 Å². The summed E-state index contributed by atoms with van der Waals surface area (Å²) in [5.41, 5.74) is -4.18. The number of aliphatic hydroxyl groups excluding tert-OH is 2. The second-order valence-electron chi connectivity index (χ2n) is 22.8. The van der Waals surface area contributed by atoms with E-state index in [0.717, 1.165) is 11.1 Å². The number of aromatic carboxylic acids is 1.